The number of nitrogens with one attached hydrogen (secondary N) is 3. The maximum Gasteiger partial charge on any atom is 0.328 e. The normalized spacial score (nSPS) is 15.9. The second-order valence-corrected chi connectivity index (χ2v) is 9.56. The van der Waals surface area contributed by atoms with Crippen LogP contribution in [0.1, 0.15) is 42.9 Å². The first-order chi connectivity index (χ1) is 16.5. The molecule has 5 rings (SSSR count). The third kappa shape index (κ3) is 4.48. The minimum absolute atomic E-state index is 0.173. The van der Waals surface area contributed by atoms with E-state index in [-0.39, 0.29) is 5.69 Å². The molecule has 2 aromatic carbocycles. The molecule has 4 aromatic rings. The van der Waals surface area contributed by atoms with Crippen LogP contribution in [-0.2, 0) is 6.54 Å². The van der Waals surface area contributed by atoms with Gasteiger partial charge in [0.25, 0.3) is 0 Å². The van der Waals surface area contributed by atoms with Crippen molar-refractivity contribution in [3.63, 3.8) is 0 Å². The lowest BCUT2D eigenvalue weighted by atomic mass is 9.93. The zero-order valence-corrected chi connectivity index (χ0v) is 20.1. The molecule has 2 aromatic heterocycles. The van der Waals surface area contributed by atoms with Crippen LogP contribution < -0.4 is 16.3 Å². The minimum Gasteiger partial charge on any atom is -0.354 e. The van der Waals surface area contributed by atoms with Crippen molar-refractivity contribution in [2.24, 2.45) is 5.92 Å². The van der Waals surface area contributed by atoms with Gasteiger partial charge in [-0.15, -0.1) is 0 Å². The predicted octanol–water partition coefficient (Wildman–Crippen LogP) is 4.29. The molecule has 1 aliphatic rings. The smallest absolute Gasteiger partial charge is 0.328 e. The number of anilines is 1. The summed E-state index contributed by atoms with van der Waals surface area (Å²) in [6.07, 6.45) is 2.84. The molecule has 0 saturated carbocycles. The Hall–Kier alpha value is -3.45. The zero-order chi connectivity index (χ0) is 23.7. The molecule has 3 heterocycles. The highest BCUT2D eigenvalue weighted by Gasteiger charge is 2.16. The van der Waals surface area contributed by atoms with E-state index in [0.29, 0.717) is 35.5 Å². The fraction of sp³-hybridized carbons (Fsp3) is 0.370. The molecule has 1 atom stereocenters. The second kappa shape index (κ2) is 9.43. The van der Waals surface area contributed by atoms with Gasteiger partial charge in [0.2, 0.25) is 5.95 Å². The molecule has 3 N–H and O–H groups in total. The molecular formula is C27H32N6O. The van der Waals surface area contributed by atoms with E-state index >= 15 is 0 Å². The number of rotatable bonds is 7. The molecular weight excluding hydrogens is 424 g/mol. The molecule has 0 aliphatic carbocycles. The van der Waals surface area contributed by atoms with Crippen LogP contribution in [0.4, 0.5) is 5.95 Å². The average molecular weight is 457 g/mol. The number of imidazole rings is 1. The Kier molecular flexibility index (Phi) is 6.20. The van der Waals surface area contributed by atoms with E-state index in [0.717, 1.165) is 31.6 Å². The fourth-order valence-corrected chi connectivity index (χ4v) is 4.70. The van der Waals surface area contributed by atoms with E-state index in [2.05, 4.69) is 88.8 Å². The largest absolute Gasteiger partial charge is 0.354 e. The van der Waals surface area contributed by atoms with Crippen LogP contribution in [0.5, 0.6) is 0 Å². The summed E-state index contributed by atoms with van der Waals surface area (Å²) in [7, 11) is 0. The lowest BCUT2D eigenvalue weighted by molar-refractivity contribution is 0.613. The molecule has 34 heavy (non-hydrogen) atoms. The summed E-state index contributed by atoms with van der Waals surface area (Å²) in [5, 5.41) is 6.72. The molecule has 7 heteroatoms. The van der Waals surface area contributed by atoms with Crippen molar-refractivity contribution >= 4 is 17.1 Å². The van der Waals surface area contributed by atoms with Crippen LogP contribution in [0, 0.1) is 12.8 Å². The van der Waals surface area contributed by atoms with E-state index in [1.807, 2.05) is 0 Å². The van der Waals surface area contributed by atoms with E-state index in [1.165, 1.54) is 22.3 Å². The number of benzene rings is 2. The average Bonchev–Trinajstić information content (AvgIpc) is 3.47. The fourth-order valence-electron chi connectivity index (χ4n) is 4.70. The zero-order valence-electron chi connectivity index (χ0n) is 20.1. The summed E-state index contributed by atoms with van der Waals surface area (Å²) in [4.78, 5) is 24.8. The van der Waals surface area contributed by atoms with Gasteiger partial charge in [0.1, 0.15) is 5.52 Å². The van der Waals surface area contributed by atoms with E-state index in [9.17, 15) is 4.79 Å². The van der Waals surface area contributed by atoms with Crippen molar-refractivity contribution in [2.75, 3.05) is 25.0 Å². The summed E-state index contributed by atoms with van der Waals surface area (Å²) in [5.41, 5.74) is 7.08. The number of aromatic nitrogens is 4. The van der Waals surface area contributed by atoms with Crippen LogP contribution >= 0.6 is 0 Å². The number of hydrogen-bond donors (Lipinski definition) is 3. The molecule has 1 fully saturated rings. The number of aromatic amines is 1. The predicted molar refractivity (Wildman–Crippen MR) is 137 cm³/mol. The van der Waals surface area contributed by atoms with Gasteiger partial charge in [-0.1, -0.05) is 56.3 Å². The third-order valence-electron chi connectivity index (χ3n) is 6.86. The quantitative estimate of drug-likeness (QED) is 0.386. The summed E-state index contributed by atoms with van der Waals surface area (Å²) >= 11 is 0. The summed E-state index contributed by atoms with van der Waals surface area (Å²) in [6, 6.07) is 15.0. The first kappa shape index (κ1) is 22.3. The van der Waals surface area contributed by atoms with Crippen LogP contribution in [0.2, 0.25) is 0 Å². The van der Waals surface area contributed by atoms with Gasteiger partial charge >= 0.3 is 5.69 Å². The van der Waals surface area contributed by atoms with Gasteiger partial charge in [0.15, 0.2) is 5.65 Å². The molecule has 7 nitrogen and oxygen atoms in total. The first-order valence-corrected chi connectivity index (χ1v) is 12.1. The van der Waals surface area contributed by atoms with Crippen molar-refractivity contribution in [3.8, 4) is 11.1 Å². The lowest BCUT2D eigenvalue weighted by Gasteiger charge is -2.14. The highest BCUT2D eigenvalue weighted by Crippen LogP contribution is 2.29. The van der Waals surface area contributed by atoms with E-state index in [1.54, 1.807) is 10.8 Å². The van der Waals surface area contributed by atoms with Crippen molar-refractivity contribution < 1.29 is 0 Å². The molecule has 0 radical (unpaired) electrons. The van der Waals surface area contributed by atoms with Crippen LogP contribution in [0.15, 0.2) is 53.5 Å². The number of H-pyrrole nitrogens is 1. The molecule has 1 aliphatic heterocycles. The van der Waals surface area contributed by atoms with Crippen LogP contribution in [0.3, 0.4) is 0 Å². The van der Waals surface area contributed by atoms with Crippen LogP contribution in [-0.4, -0.2) is 39.2 Å². The van der Waals surface area contributed by atoms with Crippen molar-refractivity contribution in [1.29, 1.82) is 0 Å². The molecule has 1 saturated heterocycles. The SMILES string of the molecule is Cc1c(Cn2c(=O)[nH]c3cnc(NC[C@@H]4CCNC4)nc32)cccc1-c1cccc(C(C)C)c1. The van der Waals surface area contributed by atoms with Crippen molar-refractivity contribution in [3.05, 3.63) is 75.8 Å². The van der Waals surface area contributed by atoms with Gasteiger partial charge in [-0.05, 0) is 66.1 Å². The van der Waals surface area contributed by atoms with Gasteiger partial charge in [-0.2, -0.15) is 4.98 Å². The monoisotopic (exact) mass is 456 g/mol. The standard InChI is InChI=1S/C27H32N6O/c1-17(2)20-6-4-7-21(12-20)23-9-5-8-22(18(23)3)16-33-25-24(31-27(33)34)15-30-26(32-25)29-14-19-10-11-28-13-19/h4-9,12,15,17,19,28H,10-11,13-14,16H2,1-3H3,(H,31,34)(H,29,30,32)/t19-/m1/s1. The summed E-state index contributed by atoms with van der Waals surface area (Å²) in [5.74, 6) is 1.61. The molecule has 0 spiro atoms. The Morgan fingerprint density at radius 2 is 2.06 bits per heavy atom. The highest BCUT2D eigenvalue weighted by molar-refractivity contribution is 5.72. The van der Waals surface area contributed by atoms with Gasteiger partial charge < -0.3 is 15.6 Å². The maximum atomic E-state index is 12.8. The Morgan fingerprint density at radius 3 is 2.85 bits per heavy atom. The Labute approximate surface area is 199 Å². The van der Waals surface area contributed by atoms with Gasteiger partial charge in [-0.3, -0.25) is 4.57 Å². The first-order valence-electron chi connectivity index (χ1n) is 12.1. The van der Waals surface area contributed by atoms with Crippen molar-refractivity contribution in [2.45, 2.75) is 39.7 Å². The minimum atomic E-state index is -0.173. The molecule has 0 bridgehead atoms. The Balaban J connectivity index is 1.45. The number of fused-ring (bicyclic) bond motifs is 1. The van der Waals surface area contributed by atoms with Crippen molar-refractivity contribution in [1.82, 2.24) is 24.8 Å². The number of hydrogen-bond acceptors (Lipinski definition) is 5. The third-order valence-corrected chi connectivity index (χ3v) is 6.86. The summed E-state index contributed by atoms with van der Waals surface area (Å²) < 4.78 is 1.70. The molecule has 0 unspecified atom stereocenters. The Morgan fingerprint density at radius 1 is 1.21 bits per heavy atom. The molecule has 176 valence electrons. The van der Waals surface area contributed by atoms with E-state index in [4.69, 9.17) is 0 Å². The summed E-state index contributed by atoms with van der Waals surface area (Å²) in [6.45, 7) is 9.89. The second-order valence-electron chi connectivity index (χ2n) is 9.56. The topological polar surface area (TPSA) is 87.6 Å². The number of nitrogens with zero attached hydrogens (tertiary/aromatic N) is 3. The highest BCUT2D eigenvalue weighted by atomic mass is 16.1. The maximum absolute atomic E-state index is 12.8. The van der Waals surface area contributed by atoms with Gasteiger partial charge in [0, 0.05) is 6.54 Å². The lowest BCUT2D eigenvalue weighted by Crippen LogP contribution is -2.19. The van der Waals surface area contributed by atoms with Crippen LogP contribution in [0.25, 0.3) is 22.3 Å². The Bertz CT molecular complexity index is 1360. The van der Waals surface area contributed by atoms with Gasteiger partial charge in [-0.25, -0.2) is 9.78 Å². The van der Waals surface area contributed by atoms with Gasteiger partial charge in [0.05, 0.1) is 12.7 Å². The molecule has 0 amide bonds. The van der Waals surface area contributed by atoms with E-state index < -0.39 is 0 Å².